The van der Waals surface area contributed by atoms with Crippen molar-refractivity contribution >= 4 is 0 Å². The predicted octanol–water partition coefficient (Wildman–Crippen LogP) is 2.20. The summed E-state index contributed by atoms with van der Waals surface area (Å²) >= 11 is 0. The van der Waals surface area contributed by atoms with Gasteiger partial charge in [-0.15, -0.1) is 0 Å². The minimum absolute atomic E-state index is 0.989. The molecule has 4 fully saturated rings. The summed E-state index contributed by atoms with van der Waals surface area (Å²) in [5, 5.41) is 0. The van der Waals surface area contributed by atoms with Gasteiger partial charge in [-0.2, -0.15) is 0 Å². The van der Waals surface area contributed by atoms with E-state index in [-0.39, 0.29) is 0 Å². The molecule has 0 heterocycles. The first-order chi connectivity index (χ1) is 3.91. The smallest absolute Gasteiger partial charge is 0.0261 e. The van der Waals surface area contributed by atoms with Crippen LogP contribution in [0.2, 0.25) is 0 Å². The van der Waals surface area contributed by atoms with Crippen LogP contribution in [0.1, 0.15) is 32.1 Å². The van der Waals surface area contributed by atoms with Crippen molar-refractivity contribution in [1.29, 1.82) is 0 Å². The van der Waals surface area contributed by atoms with E-state index in [0.29, 0.717) is 0 Å². The van der Waals surface area contributed by atoms with E-state index in [9.17, 15) is 0 Å². The molecule has 1 spiro atoms. The average Bonchev–Trinajstić information content (AvgIpc) is 2.40. The second-order valence-corrected chi connectivity index (χ2v) is 4.03. The number of hydrogen-bond donors (Lipinski definition) is 0. The normalized spacial score (nSPS) is 66.0. The molecule has 8 heavy (non-hydrogen) atoms. The van der Waals surface area contributed by atoms with Gasteiger partial charge in [-0.25, -0.2) is 0 Å². The molecule has 4 rings (SSSR count). The Balaban J connectivity index is 1.98. The standard InChI is InChI=1S/C8H12/c1-2-6-4-8(3-1)5-7(6)8/h6-7H,1-5H2/t6-,7+,8?/m0/s1. The maximum absolute atomic E-state index is 1.62. The molecule has 0 aromatic heterocycles. The minimum Gasteiger partial charge on any atom is -0.0525 e. The highest BCUT2D eigenvalue weighted by atomic mass is 14.7. The third-order valence-electron chi connectivity index (χ3n) is 3.74. The molecule has 4 aliphatic carbocycles. The van der Waals surface area contributed by atoms with Crippen molar-refractivity contribution in [2.24, 2.45) is 17.3 Å². The number of rotatable bonds is 0. The van der Waals surface area contributed by atoms with Gasteiger partial charge in [0.2, 0.25) is 0 Å². The summed E-state index contributed by atoms with van der Waals surface area (Å²) in [6.45, 7) is 0. The van der Waals surface area contributed by atoms with Crippen LogP contribution in [0.3, 0.4) is 0 Å². The Morgan fingerprint density at radius 3 is 2.75 bits per heavy atom. The molecular formula is C8H12. The Bertz CT molecular complexity index is 133. The van der Waals surface area contributed by atoms with Gasteiger partial charge in [0, 0.05) is 0 Å². The first-order valence-electron chi connectivity index (χ1n) is 3.91. The molecule has 0 nitrogen and oxygen atoms in total. The molecule has 0 N–H and O–H groups in total. The largest absolute Gasteiger partial charge is 0.0525 e. The number of fused-ring (bicyclic) bond motifs is 2. The quantitative estimate of drug-likeness (QED) is 0.446. The Morgan fingerprint density at radius 1 is 1.25 bits per heavy atom. The second-order valence-electron chi connectivity index (χ2n) is 4.03. The van der Waals surface area contributed by atoms with Gasteiger partial charge in [-0.1, -0.05) is 12.8 Å². The minimum atomic E-state index is 0.989. The van der Waals surface area contributed by atoms with Gasteiger partial charge in [0.15, 0.2) is 0 Å². The monoisotopic (exact) mass is 108 g/mol. The van der Waals surface area contributed by atoms with E-state index in [1.54, 1.807) is 32.1 Å². The lowest BCUT2D eigenvalue weighted by Gasteiger charge is -2.40. The predicted molar refractivity (Wildman–Crippen MR) is 32.5 cm³/mol. The van der Waals surface area contributed by atoms with E-state index >= 15 is 0 Å². The first kappa shape index (κ1) is 3.92. The topological polar surface area (TPSA) is 0 Å². The van der Waals surface area contributed by atoms with Gasteiger partial charge in [0.1, 0.15) is 0 Å². The molecule has 0 amide bonds. The molecule has 0 aromatic rings. The van der Waals surface area contributed by atoms with Crippen LogP contribution in [-0.2, 0) is 0 Å². The molecule has 2 bridgehead atoms. The lowest BCUT2D eigenvalue weighted by molar-refractivity contribution is 0.102. The summed E-state index contributed by atoms with van der Waals surface area (Å²) in [7, 11) is 0. The molecule has 0 saturated heterocycles. The van der Waals surface area contributed by atoms with Crippen molar-refractivity contribution in [3.05, 3.63) is 0 Å². The van der Waals surface area contributed by atoms with Crippen molar-refractivity contribution in [2.75, 3.05) is 0 Å². The Morgan fingerprint density at radius 2 is 2.25 bits per heavy atom. The van der Waals surface area contributed by atoms with E-state index in [4.69, 9.17) is 0 Å². The van der Waals surface area contributed by atoms with E-state index < -0.39 is 0 Å². The van der Waals surface area contributed by atoms with Crippen LogP contribution >= 0.6 is 0 Å². The molecule has 0 radical (unpaired) electrons. The Hall–Kier alpha value is 0. The van der Waals surface area contributed by atoms with Gasteiger partial charge < -0.3 is 0 Å². The molecule has 4 aliphatic rings. The maximum atomic E-state index is 1.62. The summed E-state index contributed by atoms with van der Waals surface area (Å²) < 4.78 is 0. The van der Waals surface area contributed by atoms with Crippen LogP contribution in [-0.4, -0.2) is 0 Å². The van der Waals surface area contributed by atoms with E-state index in [0.717, 1.165) is 5.41 Å². The highest BCUT2D eigenvalue weighted by Crippen LogP contribution is 2.76. The van der Waals surface area contributed by atoms with Crippen LogP contribution in [0, 0.1) is 17.3 Å². The first-order valence-corrected chi connectivity index (χ1v) is 3.91. The lowest BCUT2D eigenvalue weighted by atomic mass is 9.65. The van der Waals surface area contributed by atoms with E-state index in [2.05, 4.69) is 0 Å². The Labute approximate surface area is 50.3 Å². The van der Waals surface area contributed by atoms with Gasteiger partial charge >= 0.3 is 0 Å². The molecular weight excluding hydrogens is 96.1 g/mol. The maximum Gasteiger partial charge on any atom is -0.0261 e. The van der Waals surface area contributed by atoms with Crippen LogP contribution in [0.15, 0.2) is 0 Å². The van der Waals surface area contributed by atoms with Crippen molar-refractivity contribution in [3.8, 4) is 0 Å². The van der Waals surface area contributed by atoms with Crippen LogP contribution in [0.25, 0.3) is 0 Å². The van der Waals surface area contributed by atoms with Crippen molar-refractivity contribution < 1.29 is 0 Å². The van der Waals surface area contributed by atoms with Crippen molar-refractivity contribution in [1.82, 2.24) is 0 Å². The molecule has 0 aromatic carbocycles. The van der Waals surface area contributed by atoms with E-state index in [1.165, 1.54) is 11.8 Å². The second kappa shape index (κ2) is 0.872. The molecule has 4 saturated carbocycles. The molecule has 0 heteroatoms. The van der Waals surface area contributed by atoms with Gasteiger partial charge in [0.05, 0.1) is 0 Å². The van der Waals surface area contributed by atoms with Crippen LogP contribution in [0.5, 0.6) is 0 Å². The summed E-state index contributed by atoms with van der Waals surface area (Å²) in [6.07, 6.45) is 7.97. The SMILES string of the molecule is C1C[C@H]2CC3(C1)C[C@H]23. The highest BCUT2D eigenvalue weighted by molar-refractivity contribution is 5.17. The fourth-order valence-corrected chi connectivity index (χ4v) is 3.19. The summed E-state index contributed by atoms with van der Waals surface area (Å²) in [5.41, 5.74) is 0.989. The molecule has 1 unspecified atom stereocenters. The summed E-state index contributed by atoms with van der Waals surface area (Å²) in [6, 6.07) is 0. The zero-order valence-electron chi connectivity index (χ0n) is 5.19. The fourth-order valence-electron chi connectivity index (χ4n) is 3.19. The lowest BCUT2D eigenvalue weighted by Crippen LogP contribution is -2.30. The van der Waals surface area contributed by atoms with E-state index in [1.807, 2.05) is 0 Å². The van der Waals surface area contributed by atoms with Gasteiger partial charge in [-0.3, -0.25) is 0 Å². The zero-order chi connectivity index (χ0) is 5.19. The van der Waals surface area contributed by atoms with Gasteiger partial charge in [0.25, 0.3) is 0 Å². The van der Waals surface area contributed by atoms with Crippen molar-refractivity contribution in [3.63, 3.8) is 0 Å². The molecule has 3 atom stereocenters. The van der Waals surface area contributed by atoms with Crippen LogP contribution in [0.4, 0.5) is 0 Å². The third kappa shape index (κ3) is 0.240. The summed E-state index contributed by atoms with van der Waals surface area (Å²) in [5.74, 6) is 2.46. The average molecular weight is 108 g/mol. The summed E-state index contributed by atoms with van der Waals surface area (Å²) in [4.78, 5) is 0. The highest BCUT2D eigenvalue weighted by Gasteiger charge is 2.67. The third-order valence-corrected chi connectivity index (χ3v) is 3.74. The van der Waals surface area contributed by atoms with Crippen LogP contribution < -0.4 is 0 Å². The molecule has 44 valence electrons. The number of hydrogen-bond acceptors (Lipinski definition) is 0. The fraction of sp³-hybridized carbons (Fsp3) is 1.00. The Kier molecular flexibility index (Phi) is 0.427. The van der Waals surface area contributed by atoms with Crippen molar-refractivity contribution in [2.45, 2.75) is 32.1 Å². The van der Waals surface area contributed by atoms with Gasteiger partial charge in [-0.05, 0) is 36.5 Å². The molecule has 0 aliphatic heterocycles. The zero-order valence-corrected chi connectivity index (χ0v) is 5.19.